The van der Waals surface area contributed by atoms with E-state index in [1.54, 1.807) is 6.92 Å². The van der Waals surface area contributed by atoms with Crippen molar-refractivity contribution < 1.29 is 9.59 Å². The molecule has 4 N–H and O–H groups in total. The smallest absolute Gasteiger partial charge is 0.240 e. The highest BCUT2D eigenvalue weighted by atomic mass is 32.1. The summed E-state index contributed by atoms with van der Waals surface area (Å²) >= 11 is 4.75. The lowest BCUT2D eigenvalue weighted by Crippen LogP contribution is -2.47. The van der Waals surface area contributed by atoms with Crippen LogP contribution in [0.2, 0.25) is 0 Å². The van der Waals surface area contributed by atoms with E-state index < -0.39 is 17.9 Å². The van der Waals surface area contributed by atoms with E-state index in [0.717, 1.165) is 6.42 Å². The van der Waals surface area contributed by atoms with Crippen LogP contribution in [0.4, 0.5) is 0 Å². The number of nitrogens with zero attached hydrogens (tertiary/aromatic N) is 1. The zero-order valence-corrected chi connectivity index (χ0v) is 9.42. The summed E-state index contributed by atoms with van der Waals surface area (Å²) < 4.78 is 0. The van der Waals surface area contributed by atoms with Crippen LogP contribution >= 0.6 is 12.2 Å². The van der Waals surface area contributed by atoms with Gasteiger partial charge in [-0.3, -0.25) is 9.59 Å². The van der Waals surface area contributed by atoms with Crippen LogP contribution in [0, 0.1) is 5.92 Å². The van der Waals surface area contributed by atoms with Crippen molar-refractivity contribution >= 4 is 29.0 Å². The Morgan fingerprint density at radius 1 is 1.47 bits per heavy atom. The molecule has 2 amide bonds. The molecule has 1 aliphatic heterocycles. The van der Waals surface area contributed by atoms with Gasteiger partial charge in [-0.25, -0.2) is 0 Å². The second-order valence-electron chi connectivity index (χ2n) is 3.72. The number of rotatable bonds is 3. The molecule has 1 fully saturated rings. The van der Waals surface area contributed by atoms with Crippen LogP contribution in [-0.2, 0) is 9.59 Å². The summed E-state index contributed by atoms with van der Waals surface area (Å²) in [5.74, 6) is -1.19. The number of hydrogen-bond acceptors (Lipinski definition) is 3. The van der Waals surface area contributed by atoms with Crippen molar-refractivity contribution in [2.45, 2.75) is 25.8 Å². The van der Waals surface area contributed by atoms with E-state index >= 15 is 0 Å². The van der Waals surface area contributed by atoms with Crippen LogP contribution in [0.5, 0.6) is 0 Å². The second kappa shape index (κ2) is 4.57. The number of amides is 2. The van der Waals surface area contributed by atoms with Crippen LogP contribution in [0.15, 0.2) is 0 Å². The van der Waals surface area contributed by atoms with Crippen molar-refractivity contribution in [3.8, 4) is 0 Å². The van der Waals surface area contributed by atoms with Gasteiger partial charge in [-0.15, -0.1) is 0 Å². The predicted molar refractivity (Wildman–Crippen MR) is 59.9 cm³/mol. The Bertz CT molecular complexity index is 306. The van der Waals surface area contributed by atoms with E-state index in [4.69, 9.17) is 23.7 Å². The van der Waals surface area contributed by atoms with Gasteiger partial charge in [-0.05, 0) is 19.8 Å². The molecule has 0 aromatic heterocycles. The quantitative estimate of drug-likeness (QED) is 0.631. The number of carbonyl (C=O) groups is 2. The number of primary amides is 1. The Hall–Kier alpha value is -1.17. The molecule has 0 aliphatic carbocycles. The SMILES string of the molecule is CC(C(=O)N1CCCC1C(N)=O)C(N)=S. The molecule has 0 aromatic carbocycles. The fourth-order valence-corrected chi connectivity index (χ4v) is 1.80. The van der Waals surface area contributed by atoms with Crippen LogP contribution in [0.3, 0.4) is 0 Å². The minimum absolute atomic E-state index is 0.148. The van der Waals surface area contributed by atoms with Gasteiger partial charge in [0.2, 0.25) is 11.8 Å². The molecule has 1 aliphatic rings. The fraction of sp³-hybridized carbons (Fsp3) is 0.667. The van der Waals surface area contributed by atoms with Gasteiger partial charge in [0.05, 0.1) is 10.9 Å². The third kappa shape index (κ3) is 2.44. The van der Waals surface area contributed by atoms with Gasteiger partial charge in [-0.1, -0.05) is 12.2 Å². The highest BCUT2D eigenvalue weighted by Crippen LogP contribution is 2.19. The summed E-state index contributed by atoms with van der Waals surface area (Å²) in [5.41, 5.74) is 10.6. The number of carbonyl (C=O) groups excluding carboxylic acids is 2. The fourth-order valence-electron chi connectivity index (χ4n) is 1.70. The minimum atomic E-state index is -0.528. The van der Waals surface area contributed by atoms with Gasteiger partial charge in [-0.2, -0.15) is 0 Å². The molecule has 0 aromatic rings. The standard InChI is InChI=1S/C9H15N3O2S/c1-5(8(11)15)9(14)12-4-2-3-6(12)7(10)13/h5-6H,2-4H2,1H3,(H2,10,13)(H2,11,15). The average Bonchev–Trinajstić information content (AvgIpc) is 2.63. The van der Waals surface area contributed by atoms with Gasteiger partial charge >= 0.3 is 0 Å². The molecule has 2 atom stereocenters. The lowest BCUT2D eigenvalue weighted by molar-refractivity contribution is -0.138. The number of likely N-dealkylation sites (tertiary alicyclic amines) is 1. The largest absolute Gasteiger partial charge is 0.393 e. The number of thiocarbonyl (C=S) groups is 1. The minimum Gasteiger partial charge on any atom is -0.393 e. The van der Waals surface area contributed by atoms with E-state index in [2.05, 4.69) is 0 Å². The molecule has 1 rings (SSSR count). The first-order valence-corrected chi connectivity index (χ1v) is 5.25. The highest BCUT2D eigenvalue weighted by Gasteiger charge is 2.35. The molecule has 0 spiro atoms. The second-order valence-corrected chi connectivity index (χ2v) is 4.19. The van der Waals surface area contributed by atoms with E-state index in [1.165, 1.54) is 4.90 Å². The molecule has 6 heteroatoms. The first-order valence-electron chi connectivity index (χ1n) is 4.84. The Morgan fingerprint density at radius 3 is 2.53 bits per heavy atom. The van der Waals surface area contributed by atoms with Gasteiger partial charge in [0.1, 0.15) is 6.04 Å². The number of hydrogen-bond donors (Lipinski definition) is 2. The van der Waals surface area contributed by atoms with E-state index in [-0.39, 0.29) is 10.9 Å². The van der Waals surface area contributed by atoms with Crippen molar-refractivity contribution in [2.24, 2.45) is 17.4 Å². The summed E-state index contributed by atoms with van der Waals surface area (Å²) in [5, 5.41) is 0. The van der Waals surface area contributed by atoms with Crippen LogP contribution in [0.1, 0.15) is 19.8 Å². The maximum absolute atomic E-state index is 11.9. The Balaban J connectivity index is 2.75. The molecule has 15 heavy (non-hydrogen) atoms. The van der Waals surface area contributed by atoms with Gasteiger partial charge in [0.15, 0.2) is 0 Å². The zero-order chi connectivity index (χ0) is 11.6. The normalized spacial score (nSPS) is 22.5. The third-order valence-corrected chi connectivity index (χ3v) is 3.02. The maximum Gasteiger partial charge on any atom is 0.240 e. The molecule has 5 nitrogen and oxygen atoms in total. The first-order chi connectivity index (χ1) is 6.95. The van der Waals surface area contributed by atoms with Crippen molar-refractivity contribution in [1.82, 2.24) is 4.90 Å². The molecule has 0 saturated carbocycles. The summed E-state index contributed by atoms with van der Waals surface area (Å²) in [6, 6.07) is -0.491. The van der Waals surface area contributed by atoms with Crippen molar-refractivity contribution in [1.29, 1.82) is 0 Å². The highest BCUT2D eigenvalue weighted by molar-refractivity contribution is 7.80. The summed E-state index contributed by atoms with van der Waals surface area (Å²) in [7, 11) is 0. The summed E-state index contributed by atoms with van der Waals surface area (Å²) in [4.78, 5) is 24.6. The zero-order valence-electron chi connectivity index (χ0n) is 8.60. The molecule has 1 saturated heterocycles. The van der Waals surface area contributed by atoms with E-state index in [1.807, 2.05) is 0 Å². The van der Waals surface area contributed by atoms with Crippen LogP contribution in [-0.4, -0.2) is 34.3 Å². The lowest BCUT2D eigenvalue weighted by Gasteiger charge is -2.24. The van der Waals surface area contributed by atoms with Crippen molar-refractivity contribution in [3.63, 3.8) is 0 Å². The Kier molecular flexibility index (Phi) is 3.62. The predicted octanol–water partition coefficient (Wildman–Crippen LogP) is -0.615. The van der Waals surface area contributed by atoms with Crippen molar-refractivity contribution in [3.05, 3.63) is 0 Å². The van der Waals surface area contributed by atoms with E-state index in [0.29, 0.717) is 13.0 Å². The molecule has 1 heterocycles. The number of nitrogens with two attached hydrogens (primary N) is 2. The van der Waals surface area contributed by atoms with E-state index in [9.17, 15) is 9.59 Å². The molecule has 0 bridgehead atoms. The van der Waals surface area contributed by atoms with Crippen molar-refractivity contribution in [2.75, 3.05) is 6.54 Å². The summed E-state index contributed by atoms with van der Waals surface area (Å²) in [6.07, 6.45) is 1.43. The van der Waals surface area contributed by atoms with Gasteiger partial charge in [0, 0.05) is 6.54 Å². The molecule has 84 valence electrons. The monoisotopic (exact) mass is 229 g/mol. The first kappa shape index (κ1) is 11.9. The molecular formula is C9H15N3O2S. The lowest BCUT2D eigenvalue weighted by atomic mass is 10.1. The summed E-state index contributed by atoms with van der Waals surface area (Å²) in [6.45, 7) is 2.19. The molecular weight excluding hydrogens is 214 g/mol. The Morgan fingerprint density at radius 2 is 2.07 bits per heavy atom. The Labute approximate surface area is 93.8 Å². The average molecular weight is 229 g/mol. The van der Waals surface area contributed by atoms with Crippen LogP contribution in [0.25, 0.3) is 0 Å². The van der Waals surface area contributed by atoms with Gasteiger partial charge in [0.25, 0.3) is 0 Å². The van der Waals surface area contributed by atoms with Crippen LogP contribution < -0.4 is 11.5 Å². The third-order valence-electron chi connectivity index (χ3n) is 2.66. The molecule has 0 radical (unpaired) electrons. The topological polar surface area (TPSA) is 89.4 Å². The van der Waals surface area contributed by atoms with Gasteiger partial charge < -0.3 is 16.4 Å². The maximum atomic E-state index is 11.9. The molecule has 2 unspecified atom stereocenters.